The fraction of sp³-hybridized carbons (Fsp3) is 0.579. The smallest absolute Gasteiger partial charge is 0.263 e. The quantitative estimate of drug-likeness (QED) is 0.790. The Labute approximate surface area is 142 Å². The van der Waals surface area contributed by atoms with Crippen molar-refractivity contribution in [3.8, 4) is 5.75 Å². The third-order valence-corrected chi connectivity index (χ3v) is 5.85. The Balaban J connectivity index is 1.38. The van der Waals surface area contributed by atoms with E-state index in [1.807, 2.05) is 35.0 Å². The molecule has 24 heavy (non-hydrogen) atoms. The van der Waals surface area contributed by atoms with Gasteiger partial charge in [-0.05, 0) is 37.3 Å². The van der Waals surface area contributed by atoms with Crippen molar-refractivity contribution in [1.82, 2.24) is 9.80 Å². The highest BCUT2D eigenvalue weighted by Gasteiger charge is 2.45. The Bertz CT molecular complexity index is 664. The molecule has 2 saturated heterocycles. The Morgan fingerprint density at radius 1 is 1.25 bits per heavy atom. The molecule has 0 saturated carbocycles. The van der Waals surface area contributed by atoms with Gasteiger partial charge in [-0.2, -0.15) is 0 Å². The summed E-state index contributed by atoms with van der Waals surface area (Å²) in [6.45, 7) is 2.31. The maximum Gasteiger partial charge on any atom is 0.263 e. The van der Waals surface area contributed by atoms with Crippen LogP contribution >= 0.6 is 0 Å². The van der Waals surface area contributed by atoms with Crippen LogP contribution in [0.2, 0.25) is 0 Å². The van der Waals surface area contributed by atoms with Gasteiger partial charge in [-0.3, -0.25) is 9.59 Å². The lowest BCUT2D eigenvalue weighted by molar-refractivity contribution is -0.141. The van der Waals surface area contributed by atoms with Crippen molar-refractivity contribution in [3.63, 3.8) is 0 Å². The van der Waals surface area contributed by atoms with E-state index < -0.39 is 0 Å². The number of likely N-dealkylation sites (tertiary alicyclic amines) is 2. The largest absolute Gasteiger partial charge is 0.480 e. The van der Waals surface area contributed by atoms with Crippen molar-refractivity contribution >= 4 is 11.8 Å². The van der Waals surface area contributed by atoms with Crippen LogP contribution in [0.15, 0.2) is 24.3 Å². The highest BCUT2D eigenvalue weighted by atomic mass is 16.5. The number of nitrogens with zero attached hydrogens (tertiary/aromatic N) is 2. The van der Waals surface area contributed by atoms with E-state index in [0.717, 1.165) is 51.1 Å². The number of amides is 2. The number of piperidine rings is 1. The van der Waals surface area contributed by atoms with Gasteiger partial charge in [0.15, 0.2) is 6.10 Å². The van der Waals surface area contributed by atoms with E-state index in [-0.39, 0.29) is 23.3 Å². The number of hydrogen-bond donors (Lipinski definition) is 0. The lowest BCUT2D eigenvalue weighted by Gasteiger charge is -2.40. The molecule has 1 spiro atoms. The van der Waals surface area contributed by atoms with Crippen molar-refractivity contribution in [3.05, 3.63) is 29.8 Å². The molecule has 3 heterocycles. The van der Waals surface area contributed by atoms with E-state index >= 15 is 0 Å². The maximum absolute atomic E-state index is 12.8. The molecule has 1 aromatic rings. The van der Waals surface area contributed by atoms with Gasteiger partial charge in [0.25, 0.3) is 5.91 Å². The number of aryl methyl sites for hydroxylation is 1. The predicted octanol–water partition coefficient (Wildman–Crippen LogP) is 1.85. The van der Waals surface area contributed by atoms with Crippen molar-refractivity contribution < 1.29 is 14.3 Å². The molecule has 0 N–H and O–H groups in total. The molecule has 1 unspecified atom stereocenters. The molecule has 0 radical (unpaired) electrons. The second-order valence-electron chi connectivity index (χ2n) is 7.50. The second-order valence-corrected chi connectivity index (χ2v) is 7.50. The van der Waals surface area contributed by atoms with E-state index in [2.05, 4.69) is 6.07 Å². The Morgan fingerprint density at radius 2 is 2.00 bits per heavy atom. The number of ether oxygens (including phenoxy) is 1. The molecule has 0 bridgehead atoms. The van der Waals surface area contributed by atoms with Gasteiger partial charge in [0.1, 0.15) is 5.75 Å². The van der Waals surface area contributed by atoms with Gasteiger partial charge < -0.3 is 14.5 Å². The Morgan fingerprint density at radius 3 is 2.71 bits per heavy atom. The molecule has 2 fully saturated rings. The maximum atomic E-state index is 12.8. The number of carbonyl (C=O) groups excluding carboxylic acids is 2. The second kappa shape index (κ2) is 5.80. The van der Waals surface area contributed by atoms with Crippen LogP contribution in [-0.2, 0) is 16.0 Å². The van der Waals surface area contributed by atoms with Crippen LogP contribution in [0.25, 0.3) is 0 Å². The SMILES string of the molecule is CN1CC2(CCN(C(=O)C3CCc4ccccc4O3)CC2)CC1=O. The predicted molar refractivity (Wildman–Crippen MR) is 89.7 cm³/mol. The fourth-order valence-corrected chi connectivity index (χ4v) is 4.34. The van der Waals surface area contributed by atoms with E-state index in [1.54, 1.807) is 0 Å². The highest BCUT2D eigenvalue weighted by molar-refractivity contribution is 5.82. The minimum atomic E-state index is -0.359. The molecule has 3 aliphatic heterocycles. The van der Waals surface area contributed by atoms with Crippen LogP contribution in [0.3, 0.4) is 0 Å². The zero-order valence-electron chi connectivity index (χ0n) is 14.2. The lowest BCUT2D eigenvalue weighted by Crippen LogP contribution is -2.49. The van der Waals surface area contributed by atoms with Gasteiger partial charge in [-0.15, -0.1) is 0 Å². The lowest BCUT2D eigenvalue weighted by atomic mass is 9.77. The summed E-state index contributed by atoms with van der Waals surface area (Å²) in [7, 11) is 1.88. The standard InChI is InChI=1S/C19H24N2O3/c1-20-13-19(12-17(20)22)8-10-21(11-9-19)18(23)16-7-6-14-4-2-3-5-15(14)24-16/h2-5,16H,6-13H2,1H3. The number of rotatable bonds is 1. The first-order valence-corrected chi connectivity index (χ1v) is 8.84. The van der Waals surface area contributed by atoms with Gasteiger partial charge >= 0.3 is 0 Å². The van der Waals surface area contributed by atoms with Gasteiger partial charge in [-0.1, -0.05) is 18.2 Å². The average Bonchev–Trinajstić information content (AvgIpc) is 2.88. The summed E-state index contributed by atoms with van der Waals surface area (Å²) in [5.74, 6) is 1.19. The van der Waals surface area contributed by atoms with Crippen LogP contribution in [0.4, 0.5) is 0 Å². The van der Waals surface area contributed by atoms with E-state index in [1.165, 1.54) is 5.56 Å². The molecule has 1 atom stereocenters. The van der Waals surface area contributed by atoms with Crippen molar-refractivity contribution in [2.45, 2.75) is 38.2 Å². The molecule has 5 heteroatoms. The van der Waals surface area contributed by atoms with Crippen molar-refractivity contribution in [2.24, 2.45) is 5.41 Å². The summed E-state index contributed by atoms with van der Waals surface area (Å²) >= 11 is 0. The number of para-hydroxylation sites is 1. The number of fused-ring (bicyclic) bond motifs is 1. The van der Waals surface area contributed by atoms with Gasteiger partial charge in [-0.25, -0.2) is 0 Å². The molecule has 128 valence electrons. The van der Waals surface area contributed by atoms with Crippen LogP contribution < -0.4 is 4.74 Å². The minimum absolute atomic E-state index is 0.0859. The van der Waals surface area contributed by atoms with Crippen LogP contribution in [0.5, 0.6) is 5.75 Å². The van der Waals surface area contributed by atoms with Gasteiger partial charge in [0.05, 0.1) is 0 Å². The summed E-state index contributed by atoms with van der Waals surface area (Å²) in [4.78, 5) is 28.4. The topological polar surface area (TPSA) is 49.9 Å². The van der Waals surface area contributed by atoms with E-state index in [9.17, 15) is 9.59 Å². The van der Waals surface area contributed by atoms with E-state index in [4.69, 9.17) is 4.74 Å². The number of benzene rings is 1. The summed E-state index contributed by atoms with van der Waals surface area (Å²) in [5.41, 5.74) is 1.27. The molecule has 0 aromatic heterocycles. The fourth-order valence-electron chi connectivity index (χ4n) is 4.34. The summed E-state index contributed by atoms with van der Waals surface area (Å²) in [5, 5.41) is 0. The average molecular weight is 328 g/mol. The third kappa shape index (κ3) is 2.66. The van der Waals surface area contributed by atoms with Crippen LogP contribution in [-0.4, -0.2) is 54.4 Å². The molecule has 4 rings (SSSR count). The van der Waals surface area contributed by atoms with Crippen LogP contribution in [0, 0.1) is 5.41 Å². The Hall–Kier alpha value is -2.04. The van der Waals surface area contributed by atoms with Crippen LogP contribution in [0.1, 0.15) is 31.2 Å². The zero-order chi connectivity index (χ0) is 16.7. The minimum Gasteiger partial charge on any atom is -0.480 e. The first-order chi connectivity index (χ1) is 11.6. The van der Waals surface area contributed by atoms with Gasteiger partial charge in [0, 0.05) is 38.5 Å². The first-order valence-electron chi connectivity index (χ1n) is 8.84. The first kappa shape index (κ1) is 15.5. The Kier molecular flexibility index (Phi) is 3.74. The third-order valence-electron chi connectivity index (χ3n) is 5.85. The number of carbonyl (C=O) groups is 2. The molecule has 1 aromatic carbocycles. The number of hydrogen-bond acceptors (Lipinski definition) is 3. The van der Waals surface area contributed by atoms with Crippen molar-refractivity contribution in [2.75, 3.05) is 26.7 Å². The molecular weight excluding hydrogens is 304 g/mol. The molecule has 5 nitrogen and oxygen atoms in total. The van der Waals surface area contributed by atoms with Crippen molar-refractivity contribution in [1.29, 1.82) is 0 Å². The molecular formula is C19H24N2O3. The van der Waals surface area contributed by atoms with E-state index in [0.29, 0.717) is 6.42 Å². The molecule has 0 aliphatic carbocycles. The summed E-state index contributed by atoms with van der Waals surface area (Å²) in [6, 6.07) is 7.96. The highest BCUT2D eigenvalue weighted by Crippen LogP contribution is 2.40. The van der Waals surface area contributed by atoms with Gasteiger partial charge in [0.2, 0.25) is 5.91 Å². The molecule has 2 amide bonds. The summed E-state index contributed by atoms with van der Waals surface area (Å²) in [6.07, 6.45) is 3.75. The molecule has 3 aliphatic rings. The zero-order valence-corrected chi connectivity index (χ0v) is 14.2. The normalized spacial score (nSPS) is 25.5. The summed E-state index contributed by atoms with van der Waals surface area (Å²) < 4.78 is 5.94. The monoisotopic (exact) mass is 328 g/mol.